The molecule has 0 amide bonds. The molecule has 7 heteroatoms. The molecule has 23 heavy (non-hydrogen) atoms. The number of ether oxygens (including phenoxy) is 1. The minimum absolute atomic E-state index is 0. The molecule has 1 aromatic heterocycles. The Kier molecular flexibility index (Phi) is 7.25. The summed E-state index contributed by atoms with van der Waals surface area (Å²) < 4.78 is 5.30. The number of carbonyl (C=O) groups excluding carboxylic acids is 1. The van der Waals surface area contributed by atoms with Crippen molar-refractivity contribution in [2.24, 2.45) is 5.92 Å². The fourth-order valence-electron chi connectivity index (χ4n) is 2.04. The zero-order valence-electron chi connectivity index (χ0n) is 12.9. The summed E-state index contributed by atoms with van der Waals surface area (Å²) in [5.41, 5.74) is 1.54. The molecular formula is C16H19NO4S2. The van der Waals surface area contributed by atoms with Crippen molar-refractivity contribution in [1.29, 1.82) is 0 Å². The van der Waals surface area contributed by atoms with Gasteiger partial charge in [0.1, 0.15) is 16.5 Å². The molecule has 0 bridgehead atoms. The largest absolute Gasteiger partial charge is 0.496 e. The molecule has 0 aliphatic heterocycles. The zero-order chi connectivity index (χ0) is 16.1. The van der Waals surface area contributed by atoms with Crippen molar-refractivity contribution in [2.75, 3.05) is 7.11 Å². The van der Waals surface area contributed by atoms with E-state index in [0.29, 0.717) is 5.69 Å². The van der Waals surface area contributed by atoms with Crippen LogP contribution >= 0.6 is 24.8 Å². The molecule has 5 nitrogen and oxygen atoms in total. The number of rotatable bonds is 7. The fraction of sp³-hybridized carbons (Fsp3) is 0.312. The molecule has 0 radical (unpaired) electrons. The highest BCUT2D eigenvalue weighted by atomic mass is 32.1. The highest BCUT2D eigenvalue weighted by molar-refractivity contribution is 7.59. The minimum Gasteiger partial charge on any atom is -0.496 e. The molecule has 0 aliphatic rings. The summed E-state index contributed by atoms with van der Waals surface area (Å²) in [6.45, 7) is 1.53. The Hall–Kier alpha value is -1.86. The van der Waals surface area contributed by atoms with Gasteiger partial charge in [-0.15, -0.1) is 11.3 Å². The number of benzene rings is 1. The summed E-state index contributed by atoms with van der Waals surface area (Å²) in [5, 5.41) is 11.4. The second kappa shape index (κ2) is 8.69. The Balaban J connectivity index is 0.00000264. The van der Waals surface area contributed by atoms with Crippen LogP contribution in [0.4, 0.5) is 0 Å². The Bertz CT molecular complexity index is 684. The normalized spacial score (nSPS) is 11.4. The predicted octanol–water partition coefficient (Wildman–Crippen LogP) is 3.15. The summed E-state index contributed by atoms with van der Waals surface area (Å²) in [7, 11) is 1.60. The summed E-state index contributed by atoms with van der Waals surface area (Å²) in [6, 6.07) is 7.55. The monoisotopic (exact) mass is 353 g/mol. The van der Waals surface area contributed by atoms with Gasteiger partial charge in [0.2, 0.25) is 0 Å². The Morgan fingerprint density at radius 2 is 2.04 bits per heavy atom. The smallest absolute Gasteiger partial charge is 0.306 e. The molecule has 2 aromatic rings. The number of hydrogen-bond donors (Lipinski definition) is 1. The number of nitrogens with zero attached hydrogens (tertiary/aromatic N) is 1. The Morgan fingerprint density at radius 3 is 2.70 bits per heavy atom. The van der Waals surface area contributed by atoms with E-state index in [1.54, 1.807) is 7.11 Å². The molecule has 1 aromatic carbocycles. The van der Waals surface area contributed by atoms with E-state index < -0.39 is 11.9 Å². The highest BCUT2D eigenvalue weighted by Crippen LogP contribution is 2.32. The van der Waals surface area contributed by atoms with Crippen LogP contribution in [-0.2, 0) is 16.0 Å². The van der Waals surface area contributed by atoms with Crippen LogP contribution in [0.3, 0.4) is 0 Å². The number of hydrogen-bond acceptors (Lipinski definition) is 5. The maximum Gasteiger partial charge on any atom is 0.306 e. The Labute approximate surface area is 145 Å². The van der Waals surface area contributed by atoms with E-state index >= 15 is 0 Å². The van der Waals surface area contributed by atoms with Gasteiger partial charge in [0, 0.05) is 18.2 Å². The fourth-order valence-corrected chi connectivity index (χ4v) is 2.89. The number of carboxylic acid groups (broad SMARTS) is 1. The zero-order valence-corrected chi connectivity index (χ0v) is 14.7. The third kappa shape index (κ3) is 5.07. The molecule has 0 aliphatic carbocycles. The molecule has 0 fully saturated rings. The summed E-state index contributed by atoms with van der Waals surface area (Å²) in [4.78, 5) is 27.1. The van der Waals surface area contributed by atoms with Crippen LogP contribution in [0.15, 0.2) is 29.6 Å². The lowest BCUT2D eigenvalue weighted by Gasteiger charge is -2.05. The maximum atomic E-state index is 11.9. The number of Topliss-reactive ketones (excluding diaryl/α,β-unsaturated/α-hetero) is 1. The van der Waals surface area contributed by atoms with E-state index in [2.05, 4.69) is 4.98 Å². The number of thiazole rings is 1. The van der Waals surface area contributed by atoms with E-state index in [1.165, 1.54) is 18.3 Å². The molecule has 0 unspecified atom stereocenters. The first kappa shape index (κ1) is 19.2. The van der Waals surface area contributed by atoms with E-state index in [0.717, 1.165) is 16.3 Å². The van der Waals surface area contributed by atoms with Crippen LogP contribution in [0.1, 0.15) is 19.0 Å². The molecule has 0 saturated carbocycles. The van der Waals surface area contributed by atoms with Gasteiger partial charge in [0.05, 0.1) is 24.3 Å². The van der Waals surface area contributed by atoms with Crippen LogP contribution in [0.5, 0.6) is 5.75 Å². The lowest BCUT2D eigenvalue weighted by molar-refractivity contribution is -0.143. The van der Waals surface area contributed by atoms with Crippen LogP contribution in [0.2, 0.25) is 0 Å². The number of carbonyl (C=O) groups is 2. The van der Waals surface area contributed by atoms with E-state index in [1.807, 2.05) is 29.6 Å². The molecular weight excluding hydrogens is 334 g/mol. The SMILES string of the molecule is COc1ccccc1-c1nc(CC(=O)C[C@@H](C)C(=O)O)cs1.S. The second-order valence-electron chi connectivity index (χ2n) is 5.00. The number of carboxylic acids is 1. The van der Waals surface area contributed by atoms with E-state index in [-0.39, 0.29) is 32.1 Å². The van der Waals surface area contributed by atoms with Crippen LogP contribution in [0, 0.1) is 5.92 Å². The van der Waals surface area contributed by atoms with Crippen LogP contribution < -0.4 is 4.74 Å². The number of para-hydroxylation sites is 1. The highest BCUT2D eigenvalue weighted by Gasteiger charge is 2.17. The third-order valence-corrected chi connectivity index (χ3v) is 4.15. The lowest BCUT2D eigenvalue weighted by Crippen LogP contribution is -2.16. The topological polar surface area (TPSA) is 76.5 Å². The van der Waals surface area contributed by atoms with Gasteiger partial charge in [0.25, 0.3) is 0 Å². The molecule has 1 N–H and O–H groups in total. The molecule has 2 rings (SSSR count). The molecule has 0 spiro atoms. The standard InChI is InChI=1S/C16H17NO4S.H2S/c1-10(16(19)20)7-12(18)8-11-9-22-15(17-11)13-5-3-4-6-14(13)21-2;/h3-6,9-10H,7-8H2,1-2H3,(H,19,20);1H2/t10-;/m1./s1. The lowest BCUT2D eigenvalue weighted by atomic mass is 10.0. The van der Waals surface area contributed by atoms with Gasteiger partial charge in [-0.2, -0.15) is 13.5 Å². The van der Waals surface area contributed by atoms with Crippen molar-refractivity contribution in [3.8, 4) is 16.3 Å². The average Bonchev–Trinajstić information content (AvgIpc) is 2.95. The first-order chi connectivity index (χ1) is 10.5. The average molecular weight is 353 g/mol. The van der Waals surface area contributed by atoms with Crippen LogP contribution in [0.25, 0.3) is 10.6 Å². The number of aliphatic carboxylic acids is 1. The molecule has 1 heterocycles. The van der Waals surface area contributed by atoms with Crippen molar-refractivity contribution >= 4 is 36.6 Å². The molecule has 124 valence electrons. The van der Waals surface area contributed by atoms with Gasteiger partial charge in [-0.25, -0.2) is 4.98 Å². The van der Waals surface area contributed by atoms with Gasteiger partial charge in [-0.1, -0.05) is 19.1 Å². The van der Waals surface area contributed by atoms with Crippen molar-refractivity contribution in [2.45, 2.75) is 19.8 Å². The summed E-state index contributed by atoms with van der Waals surface area (Å²) in [5.74, 6) is -1.01. The first-order valence-electron chi connectivity index (χ1n) is 6.83. The van der Waals surface area contributed by atoms with Crippen molar-refractivity contribution in [3.05, 3.63) is 35.3 Å². The van der Waals surface area contributed by atoms with Crippen molar-refractivity contribution in [1.82, 2.24) is 4.98 Å². The maximum absolute atomic E-state index is 11.9. The van der Waals surface area contributed by atoms with Gasteiger partial charge >= 0.3 is 5.97 Å². The van der Waals surface area contributed by atoms with Crippen molar-refractivity contribution in [3.63, 3.8) is 0 Å². The molecule has 0 saturated heterocycles. The molecule has 1 atom stereocenters. The number of aromatic nitrogens is 1. The second-order valence-corrected chi connectivity index (χ2v) is 5.86. The van der Waals surface area contributed by atoms with Gasteiger partial charge < -0.3 is 9.84 Å². The number of ketones is 1. The predicted molar refractivity (Wildman–Crippen MR) is 94.6 cm³/mol. The van der Waals surface area contributed by atoms with Crippen LogP contribution in [-0.4, -0.2) is 29.0 Å². The Morgan fingerprint density at radius 1 is 1.35 bits per heavy atom. The van der Waals surface area contributed by atoms with Crippen molar-refractivity contribution < 1.29 is 19.4 Å². The quantitative estimate of drug-likeness (QED) is 0.827. The van der Waals surface area contributed by atoms with Gasteiger partial charge in [0.15, 0.2) is 0 Å². The third-order valence-electron chi connectivity index (χ3n) is 3.22. The minimum atomic E-state index is -0.957. The van der Waals surface area contributed by atoms with E-state index in [9.17, 15) is 9.59 Å². The van der Waals surface area contributed by atoms with Gasteiger partial charge in [-0.3, -0.25) is 9.59 Å². The first-order valence-corrected chi connectivity index (χ1v) is 7.71. The van der Waals surface area contributed by atoms with Gasteiger partial charge in [-0.05, 0) is 12.1 Å². The summed E-state index contributed by atoms with van der Waals surface area (Å²) in [6.07, 6.45) is 0.181. The summed E-state index contributed by atoms with van der Waals surface area (Å²) >= 11 is 1.44. The number of methoxy groups -OCH3 is 1. The van der Waals surface area contributed by atoms with E-state index in [4.69, 9.17) is 9.84 Å².